The summed E-state index contributed by atoms with van der Waals surface area (Å²) in [5, 5.41) is 6.57. The van der Waals surface area contributed by atoms with Gasteiger partial charge in [-0.1, -0.05) is 36.4 Å². The average molecular weight is 374 g/mol. The van der Waals surface area contributed by atoms with Gasteiger partial charge in [-0.05, 0) is 51.7 Å². The van der Waals surface area contributed by atoms with Crippen molar-refractivity contribution in [2.24, 2.45) is 5.18 Å². The lowest BCUT2D eigenvalue weighted by molar-refractivity contribution is -0.114. The zero-order valence-corrected chi connectivity index (χ0v) is 14.3. The van der Waals surface area contributed by atoms with Crippen LogP contribution in [0.4, 0.5) is 0 Å². The number of ketones is 1. The van der Waals surface area contributed by atoms with E-state index in [1.807, 2.05) is 36.4 Å². The molecule has 4 N–H and O–H groups in total. The van der Waals surface area contributed by atoms with Crippen LogP contribution in [-0.4, -0.2) is 22.6 Å². The van der Waals surface area contributed by atoms with Gasteiger partial charge < -0.3 is 11.0 Å². The van der Waals surface area contributed by atoms with Crippen LogP contribution in [0, 0.1) is 4.91 Å². The first-order chi connectivity index (χ1) is 11.2. The number of hydrogen-bond acceptors (Lipinski definition) is 3. The van der Waals surface area contributed by atoms with E-state index >= 15 is 0 Å². The van der Waals surface area contributed by atoms with Crippen LogP contribution in [0.5, 0.6) is 0 Å². The number of nitroso groups, excluding NO2 is 1. The highest BCUT2D eigenvalue weighted by Crippen LogP contribution is 2.30. The van der Waals surface area contributed by atoms with Gasteiger partial charge in [0.25, 0.3) is 0 Å². The number of benzene rings is 3. The third kappa shape index (κ3) is 3.25. The Bertz CT molecular complexity index is 1060. The fourth-order valence-corrected chi connectivity index (χ4v) is 3.10. The van der Waals surface area contributed by atoms with Gasteiger partial charge in [0.15, 0.2) is 5.78 Å². The van der Waals surface area contributed by atoms with Crippen molar-refractivity contribution in [3.63, 3.8) is 0 Å². The SMILES string of the molecule is Cl.O.O.O=NC(=O)C1=CCc2cc3cc4ccccc4cc3cc2C1=O. The number of halogens is 1. The molecule has 0 spiro atoms. The van der Waals surface area contributed by atoms with Crippen molar-refractivity contribution in [1.82, 2.24) is 0 Å². The summed E-state index contributed by atoms with van der Waals surface area (Å²) < 4.78 is 0. The largest absolute Gasteiger partial charge is 0.412 e. The third-order valence-corrected chi connectivity index (χ3v) is 4.26. The Morgan fingerprint density at radius 2 is 1.46 bits per heavy atom. The molecule has 7 heteroatoms. The van der Waals surface area contributed by atoms with Crippen LogP contribution >= 0.6 is 12.4 Å². The number of hydrogen-bond donors (Lipinski definition) is 0. The first-order valence-corrected chi connectivity index (χ1v) is 7.25. The van der Waals surface area contributed by atoms with Crippen molar-refractivity contribution >= 4 is 45.6 Å². The monoisotopic (exact) mass is 373 g/mol. The van der Waals surface area contributed by atoms with Gasteiger partial charge in [-0.3, -0.25) is 9.59 Å². The fraction of sp³-hybridized carbons (Fsp3) is 0.0526. The third-order valence-electron chi connectivity index (χ3n) is 4.26. The molecule has 0 bridgehead atoms. The van der Waals surface area contributed by atoms with Gasteiger partial charge in [-0.25, -0.2) is 0 Å². The maximum absolute atomic E-state index is 12.4. The molecule has 0 radical (unpaired) electrons. The molecule has 0 atom stereocenters. The molecule has 0 fully saturated rings. The van der Waals surface area contributed by atoms with Gasteiger partial charge in [0.05, 0.1) is 5.57 Å². The Kier molecular flexibility index (Phi) is 6.47. The zero-order valence-electron chi connectivity index (χ0n) is 13.5. The van der Waals surface area contributed by atoms with E-state index in [0.717, 1.165) is 27.1 Å². The molecule has 3 aromatic carbocycles. The number of nitrogens with zero attached hydrogens (tertiary/aromatic N) is 1. The molecular weight excluding hydrogens is 358 g/mol. The van der Waals surface area contributed by atoms with Gasteiger partial charge in [0, 0.05) is 10.7 Å². The summed E-state index contributed by atoms with van der Waals surface area (Å²) in [5.41, 5.74) is 1.20. The molecule has 0 aliphatic heterocycles. The lowest BCUT2D eigenvalue weighted by Crippen LogP contribution is -2.17. The van der Waals surface area contributed by atoms with Gasteiger partial charge in [0.1, 0.15) is 0 Å². The predicted octanol–water partition coefficient (Wildman–Crippen LogP) is 2.72. The Labute approximate surface area is 154 Å². The van der Waals surface area contributed by atoms with Crippen LogP contribution in [0.25, 0.3) is 21.5 Å². The van der Waals surface area contributed by atoms with Gasteiger partial charge in [0.2, 0.25) is 0 Å². The normalized spacial score (nSPS) is 12.2. The number of allylic oxidation sites excluding steroid dienone is 1. The highest BCUT2D eigenvalue weighted by Gasteiger charge is 2.26. The van der Waals surface area contributed by atoms with Crippen molar-refractivity contribution in [1.29, 1.82) is 0 Å². The first kappa shape index (κ1) is 21.1. The Balaban J connectivity index is 0.00000113. The highest BCUT2D eigenvalue weighted by atomic mass is 35.5. The molecule has 0 unspecified atom stereocenters. The van der Waals surface area contributed by atoms with Gasteiger partial charge in [-0.2, -0.15) is 0 Å². The number of carbonyl (C=O) groups is 2. The highest BCUT2D eigenvalue weighted by molar-refractivity contribution is 6.27. The minimum Gasteiger partial charge on any atom is -0.412 e. The molecule has 1 aliphatic carbocycles. The Morgan fingerprint density at radius 3 is 2.04 bits per heavy atom. The molecule has 0 aromatic heterocycles. The molecule has 0 saturated heterocycles. The molecule has 6 nitrogen and oxygen atoms in total. The summed E-state index contributed by atoms with van der Waals surface area (Å²) in [7, 11) is 0. The molecule has 26 heavy (non-hydrogen) atoms. The molecule has 0 heterocycles. The van der Waals surface area contributed by atoms with E-state index in [-0.39, 0.29) is 28.9 Å². The van der Waals surface area contributed by atoms with E-state index in [9.17, 15) is 14.5 Å². The molecule has 0 saturated carbocycles. The lowest BCUT2D eigenvalue weighted by Gasteiger charge is -2.15. The average Bonchev–Trinajstić information content (AvgIpc) is 2.58. The first-order valence-electron chi connectivity index (χ1n) is 7.25. The molecule has 3 aromatic rings. The van der Waals surface area contributed by atoms with Crippen LogP contribution in [0.2, 0.25) is 0 Å². The number of rotatable bonds is 1. The van der Waals surface area contributed by atoms with Crippen LogP contribution in [-0.2, 0) is 11.2 Å². The Hall–Kier alpha value is -2.93. The van der Waals surface area contributed by atoms with E-state index in [1.54, 1.807) is 6.07 Å². The second-order valence-electron chi connectivity index (χ2n) is 5.60. The summed E-state index contributed by atoms with van der Waals surface area (Å²) in [6, 6.07) is 15.9. The maximum Gasteiger partial charge on any atom is 0.320 e. The number of carbonyl (C=O) groups excluding carboxylic acids is 2. The van der Waals surface area contributed by atoms with Crippen molar-refractivity contribution < 1.29 is 20.5 Å². The Morgan fingerprint density at radius 1 is 0.885 bits per heavy atom. The van der Waals surface area contributed by atoms with Crippen molar-refractivity contribution in [3.8, 4) is 0 Å². The summed E-state index contributed by atoms with van der Waals surface area (Å²) in [4.78, 5) is 34.3. The summed E-state index contributed by atoms with van der Waals surface area (Å²) in [6.45, 7) is 0. The second-order valence-corrected chi connectivity index (χ2v) is 5.60. The van der Waals surface area contributed by atoms with E-state index in [4.69, 9.17) is 0 Å². The minimum absolute atomic E-state index is 0. The molecule has 4 rings (SSSR count). The summed E-state index contributed by atoms with van der Waals surface area (Å²) >= 11 is 0. The molecular formula is C19H16ClNO5. The smallest absolute Gasteiger partial charge is 0.320 e. The van der Waals surface area contributed by atoms with E-state index < -0.39 is 11.7 Å². The van der Waals surface area contributed by atoms with Gasteiger partial charge in [-0.15, -0.1) is 17.3 Å². The van der Waals surface area contributed by atoms with E-state index in [0.29, 0.717) is 12.0 Å². The lowest BCUT2D eigenvalue weighted by atomic mass is 9.87. The van der Waals surface area contributed by atoms with Gasteiger partial charge >= 0.3 is 5.91 Å². The quantitative estimate of drug-likeness (QED) is 0.369. The zero-order chi connectivity index (χ0) is 16.0. The molecule has 1 aliphatic rings. The molecule has 1 amide bonds. The van der Waals surface area contributed by atoms with Crippen LogP contribution in [0.15, 0.2) is 65.4 Å². The second kappa shape index (κ2) is 7.97. The van der Waals surface area contributed by atoms with Crippen LogP contribution < -0.4 is 0 Å². The maximum atomic E-state index is 12.4. The van der Waals surface area contributed by atoms with Crippen LogP contribution in [0.3, 0.4) is 0 Å². The predicted molar refractivity (Wildman–Crippen MR) is 103 cm³/mol. The number of fused-ring (bicyclic) bond motifs is 3. The topological polar surface area (TPSA) is 127 Å². The molecule has 134 valence electrons. The minimum atomic E-state index is -1.00. The fourth-order valence-electron chi connectivity index (χ4n) is 3.10. The van der Waals surface area contributed by atoms with E-state index in [1.165, 1.54) is 6.08 Å². The number of Topliss-reactive ketones (excluding diaryl/α,β-unsaturated/α-hetero) is 1. The standard InChI is InChI=1S/C19H11NO3.ClH.2H2O/c21-18-16(19(22)20-23)6-5-13-9-14-7-11-3-1-2-4-12(11)8-15(14)10-17(13)18;;;/h1-4,6-10H,5H2;1H;2*1H2. The van der Waals surface area contributed by atoms with Crippen molar-refractivity contribution in [2.45, 2.75) is 6.42 Å². The summed E-state index contributed by atoms with van der Waals surface area (Å²) in [6.07, 6.45) is 1.93. The van der Waals surface area contributed by atoms with Crippen molar-refractivity contribution in [3.05, 3.63) is 76.2 Å². The number of amides is 1. The van der Waals surface area contributed by atoms with Crippen molar-refractivity contribution in [2.75, 3.05) is 0 Å². The van der Waals surface area contributed by atoms with Crippen LogP contribution in [0.1, 0.15) is 15.9 Å². The van der Waals surface area contributed by atoms with E-state index in [2.05, 4.69) is 11.2 Å². The summed E-state index contributed by atoms with van der Waals surface area (Å²) in [5.74, 6) is -1.43.